The van der Waals surface area contributed by atoms with Crippen molar-refractivity contribution in [3.63, 3.8) is 0 Å². The number of pyridine rings is 1. The molecular formula is C16H18BrN5O3. The molecule has 0 saturated carbocycles. The fourth-order valence-corrected chi connectivity index (χ4v) is 2.75. The zero-order chi connectivity index (χ0) is 18.1. The first-order valence-corrected chi connectivity index (χ1v) is 8.58. The maximum Gasteiger partial charge on any atom is 0.415 e. The van der Waals surface area contributed by atoms with Crippen LogP contribution in [-0.4, -0.2) is 38.2 Å². The lowest BCUT2D eigenvalue weighted by Crippen LogP contribution is -2.38. The van der Waals surface area contributed by atoms with Crippen LogP contribution in [-0.2, 0) is 0 Å². The number of amides is 1. The molecule has 0 aliphatic carbocycles. The van der Waals surface area contributed by atoms with Crippen LogP contribution in [0.3, 0.4) is 0 Å². The summed E-state index contributed by atoms with van der Waals surface area (Å²) in [4.78, 5) is 18.2. The molecule has 8 nitrogen and oxygen atoms in total. The highest BCUT2D eigenvalue weighted by atomic mass is 79.9. The van der Waals surface area contributed by atoms with E-state index in [-0.39, 0.29) is 6.04 Å². The summed E-state index contributed by atoms with van der Waals surface area (Å²) in [6, 6.07) is 6.68. The van der Waals surface area contributed by atoms with Gasteiger partial charge in [-0.15, -0.1) is 5.10 Å². The molecule has 0 radical (unpaired) electrons. The largest absolute Gasteiger partial charge is 0.446 e. The summed E-state index contributed by atoms with van der Waals surface area (Å²) in [6.07, 6.45) is -0.434. The number of halogens is 1. The molecule has 0 saturated heterocycles. The van der Waals surface area contributed by atoms with Gasteiger partial charge in [0.05, 0.1) is 0 Å². The molecule has 3 aromatic heterocycles. The van der Waals surface area contributed by atoms with Crippen molar-refractivity contribution in [3.05, 3.63) is 28.9 Å². The SMILES string of the molecule is CCN(C(=O)Oc1cc(N)n2nc(-c3ccc(Br)o3)nc2c1)C(C)C. The Kier molecular flexibility index (Phi) is 4.67. The van der Waals surface area contributed by atoms with Crippen LogP contribution in [0.5, 0.6) is 5.75 Å². The number of rotatable bonds is 4. The van der Waals surface area contributed by atoms with Crippen LogP contribution in [0, 0.1) is 0 Å². The lowest BCUT2D eigenvalue weighted by molar-refractivity contribution is 0.142. The highest BCUT2D eigenvalue weighted by Gasteiger charge is 2.19. The number of nitrogen functional groups attached to an aromatic ring is 1. The summed E-state index contributed by atoms with van der Waals surface area (Å²) >= 11 is 3.24. The van der Waals surface area contributed by atoms with Gasteiger partial charge in [-0.2, -0.15) is 4.52 Å². The van der Waals surface area contributed by atoms with E-state index in [4.69, 9.17) is 14.9 Å². The number of anilines is 1. The average Bonchev–Trinajstić information content (AvgIpc) is 3.13. The van der Waals surface area contributed by atoms with Crippen molar-refractivity contribution in [2.75, 3.05) is 12.3 Å². The fourth-order valence-electron chi connectivity index (χ4n) is 2.45. The Morgan fingerprint density at radius 3 is 2.80 bits per heavy atom. The quantitative estimate of drug-likeness (QED) is 0.709. The molecule has 2 N–H and O–H groups in total. The molecule has 0 unspecified atom stereocenters. The Hall–Kier alpha value is -2.55. The second kappa shape index (κ2) is 6.75. The summed E-state index contributed by atoms with van der Waals surface area (Å²) in [5, 5.41) is 4.31. The molecule has 0 aliphatic rings. The summed E-state index contributed by atoms with van der Waals surface area (Å²) in [7, 11) is 0. The maximum absolute atomic E-state index is 12.3. The van der Waals surface area contributed by atoms with Gasteiger partial charge in [0.2, 0.25) is 5.82 Å². The number of carbonyl (C=O) groups is 1. The first-order chi connectivity index (χ1) is 11.9. The van der Waals surface area contributed by atoms with E-state index in [2.05, 4.69) is 26.0 Å². The molecule has 0 atom stereocenters. The van der Waals surface area contributed by atoms with E-state index in [1.54, 1.807) is 23.1 Å². The zero-order valence-electron chi connectivity index (χ0n) is 14.1. The van der Waals surface area contributed by atoms with Gasteiger partial charge in [0.25, 0.3) is 0 Å². The Morgan fingerprint density at radius 1 is 1.44 bits per heavy atom. The predicted molar refractivity (Wildman–Crippen MR) is 96.3 cm³/mol. The smallest absolute Gasteiger partial charge is 0.415 e. The number of hydrogen-bond acceptors (Lipinski definition) is 6. The van der Waals surface area contributed by atoms with Gasteiger partial charge >= 0.3 is 6.09 Å². The van der Waals surface area contributed by atoms with Crippen molar-refractivity contribution in [3.8, 4) is 17.3 Å². The molecule has 25 heavy (non-hydrogen) atoms. The number of fused-ring (bicyclic) bond motifs is 1. The van der Waals surface area contributed by atoms with E-state index in [0.29, 0.717) is 40.0 Å². The molecular weight excluding hydrogens is 390 g/mol. The number of ether oxygens (including phenoxy) is 1. The summed E-state index contributed by atoms with van der Waals surface area (Å²) in [5.41, 5.74) is 6.47. The van der Waals surface area contributed by atoms with Gasteiger partial charge in [0, 0.05) is 24.7 Å². The Morgan fingerprint density at radius 2 is 2.20 bits per heavy atom. The van der Waals surface area contributed by atoms with Crippen LogP contribution in [0.15, 0.2) is 33.4 Å². The third kappa shape index (κ3) is 3.46. The lowest BCUT2D eigenvalue weighted by atomic mass is 10.3. The van der Waals surface area contributed by atoms with Crippen molar-refractivity contribution >= 4 is 33.5 Å². The van der Waals surface area contributed by atoms with Crippen molar-refractivity contribution in [1.29, 1.82) is 0 Å². The summed E-state index contributed by atoms with van der Waals surface area (Å²) < 4.78 is 12.9. The molecule has 3 aromatic rings. The molecule has 0 bridgehead atoms. The average molecular weight is 408 g/mol. The normalized spacial score (nSPS) is 11.2. The number of nitrogens with zero attached hydrogens (tertiary/aromatic N) is 4. The monoisotopic (exact) mass is 407 g/mol. The molecule has 1 amide bonds. The second-order valence-corrected chi connectivity index (χ2v) is 6.45. The van der Waals surface area contributed by atoms with Crippen LogP contribution < -0.4 is 10.5 Å². The highest BCUT2D eigenvalue weighted by molar-refractivity contribution is 9.10. The molecule has 9 heteroatoms. The molecule has 0 aromatic carbocycles. The van der Waals surface area contributed by atoms with Crippen LogP contribution in [0.25, 0.3) is 17.2 Å². The van der Waals surface area contributed by atoms with Crippen molar-refractivity contribution in [2.24, 2.45) is 0 Å². The third-order valence-electron chi connectivity index (χ3n) is 3.64. The third-order valence-corrected chi connectivity index (χ3v) is 4.06. The maximum atomic E-state index is 12.3. The van der Waals surface area contributed by atoms with Crippen molar-refractivity contribution in [1.82, 2.24) is 19.5 Å². The van der Waals surface area contributed by atoms with Crippen molar-refractivity contribution < 1.29 is 13.9 Å². The number of carbonyl (C=O) groups excluding carboxylic acids is 1. The van der Waals surface area contributed by atoms with Crippen molar-refractivity contribution in [2.45, 2.75) is 26.8 Å². The van der Waals surface area contributed by atoms with Gasteiger partial charge in [-0.25, -0.2) is 9.78 Å². The molecule has 0 aliphatic heterocycles. The minimum Gasteiger partial charge on any atom is -0.446 e. The van der Waals surface area contributed by atoms with Gasteiger partial charge in [-0.3, -0.25) is 0 Å². The predicted octanol–water partition coefficient (Wildman–Crippen LogP) is 3.56. The van der Waals surface area contributed by atoms with E-state index in [1.807, 2.05) is 20.8 Å². The van der Waals surface area contributed by atoms with Gasteiger partial charge in [0.1, 0.15) is 11.6 Å². The number of nitrogens with two attached hydrogens (primary N) is 1. The fraction of sp³-hybridized carbons (Fsp3) is 0.312. The van der Waals surface area contributed by atoms with E-state index in [0.717, 1.165) is 0 Å². The number of furan rings is 1. The van der Waals surface area contributed by atoms with Crippen LogP contribution in [0.2, 0.25) is 0 Å². The molecule has 3 rings (SSSR count). The standard InChI is InChI=1S/C16H18BrN5O3/c1-4-21(9(2)3)16(23)24-10-7-13(18)22-14(8-10)19-15(20-22)11-5-6-12(17)25-11/h5-9H,4,18H2,1-3H3. The minimum absolute atomic E-state index is 0.0377. The number of aromatic nitrogens is 3. The first-order valence-electron chi connectivity index (χ1n) is 7.79. The van der Waals surface area contributed by atoms with Crippen LogP contribution in [0.4, 0.5) is 10.6 Å². The Bertz CT molecular complexity index is 918. The first kappa shape index (κ1) is 17.3. The van der Waals surface area contributed by atoms with Gasteiger partial charge in [0.15, 0.2) is 16.1 Å². The second-order valence-electron chi connectivity index (χ2n) is 5.67. The van der Waals surface area contributed by atoms with Gasteiger partial charge in [-0.05, 0) is 48.8 Å². The topological polar surface area (TPSA) is 98.9 Å². The lowest BCUT2D eigenvalue weighted by Gasteiger charge is -2.24. The number of hydrogen-bond donors (Lipinski definition) is 1. The highest BCUT2D eigenvalue weighted by Crippen LogP contribution is 2.25. The summed E-state index contributed by atoms with van der Waals surface area (Å²) in [5.74, 6) is 1.51. The Balaban J connectivity index is 1.92. The van der Waals surface area contributed by atoms with E-state index in [9.17, 15) is 4.79 Å². The van der Waals surface area contributed by atoms with Gasteiger partial charge < -0.3 is 19.8 Å². The van der Waals surface area contributed by atoms with Crippen LogP contribution >= 0.6 is 15.9 Å². The molecule has 0 spiro atoms. The molecule has 132 valence electrons. The van der Waals surface area contributed by atoms with E-state index in [1.165, 1.54) is 10.6 Å². The van der Waals surface area contributed by atoms with E-state index >= 15 is 0 Å². The molecule has 0 fully saturated rings. The molecule has 3 heterocycles. The summed E-state index contributed by atoms with van der Waals surface area (Å²) in [6.45, 7) is 6.30. The van der Waals surface area contributed by atoms with E-state index < -0.39 is 6.09 Å². The zero-order valence-corrected chi connectivity index (χ0v) is 15.6. The Labute approximate surface area is 152 Å². The minimum atomic E-state index is -0.434. The van der Waals surface area contributed by atoms with Crippen LogP contribution in [0.1, 0.15) is 20.8 Å². The van der Waals surface area contributed by atoms with Gasteiger partial charge in [-0.1, -0.05) is 0 Å².